The Hall–Kier alpha value is -5.30. The van der Waals surface area contributed by atoms with Crippen LogP contribution in [0.4, 0.5) is 5.69 Å². The maximum atomic E-state index is 13.4. The predicted molar refractivity (Wildman–Crippen MR) is 168 cm³/mol. The molecule has 7 nitrogen and oxygen atoms in total. The van der Waals surface area contributed by atoms with E-state index in [1.165, 1.54) is 0 Å². The Morgan fingerprint density at radius 1 is 0.833 bits per heavy atom. The van der Waals surface area contributed by atoms with Gasteiger partial charge in [0.1, 0.15) is 5.75 Å². The molecule has 210 valence electrons. The fourth-order valence-corrected chi connectivity index (χ4v) is 4.59. The summed E-state index contributed by atoms with van der Waals surface area (Å²) in [4.78, 5) is 30.7. The maximum Gasteiger partial charge on any atom is 0.272 e. The first-order valence-electron chi connectivity index (χ1n) is 13.7. The van der Waals surface area contributed by atoms with Crippen molar-refractivity contribution in [3.63, 3.8) is 0 Å². The number of methoxy groups -OCH3 is 1. The van der Waals surface area contributed by atoms with Crippen molar-refractivity contribution < 1.29 is 14.3 Å². The molecule has 0 saturated carbocycles. The van der Waals surface area contributed by atoms with Gasteiger partial charge in [0, 0.05) is 16.6 Å². The van der Waals surface area contributed by atoms with Gasteiger partial charge < -0.3 is 10.1 Å². The lowest BCUT2D eigenvalue weighted by atomic mass is 10.0. The summed E-state index contributed by atoms with van der Waals surface area (Å²) in [5, 5.41) is 8.06. The van der Waals surface area contributed by atoms with E-state index in [2.05, 4.69) is 15.8 Å². The number of nitrogens with zero attached hydrogens (tertiary/aromatic N) is 2. The summed E-state index contributed by atoms with van der Waals surface area (Å²) in [6, 6.07) is 30.5. The molecule has 0 fully saturated rings. The Morgan fingerprint density at radius 2 is 1.52 bits per heavy atom. The number of carbonyl (C=O) groups excluding carboxylic acids is 2. The van der Waals surface area contributed by atoms with Crippen molar-refractivity contribution in [2.75, 3.05) is 12.4 Å². The monoisotopic (exact) mass is 556 g/mol. The molecule has 1 heterocycles. The minimum absolute atomic E-state index is 0.115. The molecule has 0 radical (unpaired) electrons. The van der Waals surface area contributed by atoms with Crippen molar-refractivity contribution in [3.05, 3.63) is 125 Å². The number of benzene rings is 4. The van der Waals surface area contributed by atoms with Gasteiger partial charge in [0.05, 0.1) is 36.0 Å². The van der Waals surface area contributed by atoms with Gasteiger partial charge in [0.2, 0.25) is 5.91 Å². The van der Waals surface area contributed by atoms with Crippen LogP contribution in [0.2, 0.25) is 0 Å². The summed E-state index contributed by atoms with van der Waals surface area (Å²) in [6.07, 6.45) is 0.257. The Kier molecular flexibility index (Phi) is 8.39. The molecule has 2 amide bonds. The van der Waals surface area contributed by atoms with Crippen LogP contribution >= 0.6 is 0 Å². The van der Waals surface area contributed by atoms with E-state index in [1.54, 1.807) is 7.11 Å². The third kappa shape index (κ3) is 6.70. The number of aryl methyl sites for hydroxylation is 2. The fraction of sp³-hybridized carbons (Fsp3) is 0.143. The second-order valence-corrected chi connectivity index (χ2v) is 10.2. The molecule has 7 heteroatoms. The lowest BCUT2D eigenvalue weighted by Gasteiger charge is -2.11. The summed E-state index contributed by atoms with van der Waals surface area (Å²) in [7, 11) is 1.61. The maximum absolute atomic E-state index is 13.4. The van der Waals surface area contributed by atoms with E-state index >= 15 is 0 Å². The van der Waals surface area contributed by atoms with E-state index in [9.17, 15) is 9.59 Å². The number of aromatic nitrogens is 1. The van der Waals surface area contributed by atoms with Gasteiger partial charge in [-0.3, -0.25) is 9.59 Å². The molecular formula is C35H32N4O3. The molecular weight excluding hydrogens is 524 g/mol. The van der Waals surface area contributed by atoms with Gasteiger partial charge in [-0.25, -0.2) is 10.4 Å². The molecule has 0 bridgehead atoms. The zero-order valence-electron chi connectivity index (χ0n) is 24.1. The number of ether oxygens (including phenoxy) is 1. The smallest absolute Gasteiger partial charge is 0.272 e. The number of rotatable bonds is 8. The van der Waals surface area contributed by atoms with Crippen LogP contribution in [0.15, 0.2) is 102 Å². The van der Waals surface area contributed by atoms with Gasteiger partial charge in [-0.15, -0.1) is 0 Å². The predicted octanol–water partition coefficient (Wildman–Crippen LogP) is 6.86. The summed E-state index contributed by atoms with van der Waals surface area (Å²) in [5.41, 5.74) is 10.9. The topological polar surface area (TPSA) is 92.7 Å². The summed E-state index contributed by atoms with van der Waals surface area (Å²) < 4.78 is 5.16. The highest BCUT2D eigenvalue weighted by molar-refractivity contribution is 6.08. The van der Waals surface area contributed by atoms with Crippen LogP contribution in [0.5, 0.6) is 5.75 Å². The first-order chi connectivity index (χ1) is 20.3. The van der Waals surface area contributed by atoms with E-state index in [0.29, 0.717) is 17.0 Å². The quantitative estimate of drug-likeness (QED) is 0.161. The number of carbonyl (C=O) groups is 2. The average molecular weight is 557 g/mol. The third-order valence-electron chi connectivity index (χ3n) is 6.99. The molecule has 5 rings (SSSR count). The van der Waals surface area contributed by atoms with Crippen molar-refractivity contribution >= 4 is 34.1 Å². The fourth-order valence-electron chi connectivity index (χ4n) is 4.59. The molecule has 0 spiro atoms. The normalized spacial score (nSPS) is 11.3. The number of hydrogen-bond donors (Lipinski definition) is 2. The highest BCUT2D eigenvalue weighted by atomic mass is 16.5. The van der Waals surface area contributed by atoms with Crippen molar-refractivity contribution in [2.45, 2.75) is 27.2 Å². The molecule has 0 aliphatic rings. The third-order valence-corrected chi connectivity index (χ3v) is 6.99. The van der Waals surface area contributed by atoms with Crippen molar-refractivity contribution in [2.24, 2.45) is 5.10 Å². The number of amides is 2. The number of hydrogen-bond acceptors (Lipinski definition) is 5. The second-order valence-electron chi connectivity index (χ2n) is 10.2. The van der Waals surface area contributed by atoms with Crippen LogP contribution in [0.25, 0.3) is 22.2 Å². The highest BCUT2D eigenvalue weighted by Gasteiger charge is 2.15. The zero-order valence-corrected chi connectivity index (χ0v) is 24.1. The molecule has 0 aliphatic heterocycles. The first-order valence-corrected chi connectivity index (χ1v) is 13.7. The van der Waals surface area contributed by atoms with Crippen molar-refractivity contribution in [1.82, 2.24) is 10.4 Å². The van der Waals surface area contributed by atoms with Gasteiger partial charge in [0.25, 0.3) is 5.91 Å². The lowest BCUT2D eigenvalue weighted by molar-refractivity contribution is -0.115. The van der Waals surface area contributed by atoms with Crippen LogP contribution in [-0.4, -0.2) is 29.6 Å². The molecule has 5 aromatic rings. The summed E-state index contributed by atoms with van der Waals surface area (Å²) in [6.45, 7) is 5.85. The SMILES string of the molecule is COc1ccc(CC(=O)Nc2ccc(/C(C)=N\NC(=O)c3cc(-c4ccc(C)cc4)nc4ccc(C)cc34)cc2)cc1. The van der Waals surface area contributed by atoms with E-state index in [4.69, 9.17) is 9.72 Å². The lowest BCUT2D eigenvalue weighted by Crippen LogP contribution is -2.20. The van der Waals surface area contributed by atoms with Crippen LogP contribution in [-0.2, 0) is 11.2 Å². The van der Waals surface area contributed by atoms with Crippen LogP contribution in [0.1, 0.15) is 39.5 Å². The number of fused-ring (bicyclic) bond motifs is 1. The van der Waals surface area contributed by atoms with Crippen molar-refractivity contribution in [1.29, 1.82) is 0 Å². The minimum atomic E-state index is -0.317. The van der Waals surface area contributed by atoms with Crippen LogP contribution in [0, 0.1) is 13.8 Å². The molecule has 42 heavy (non-hydrogen) atoms. The minimum Gasteiger partial charge on any atom is -0.497 e. The standard InChI is InChI=1S/C35H32N4O3/c1-22-5-10-27(11-6-22)33-21-31(30-19-23(2)7-18-32(30)37-33)35(41)39-38-24(3)26-12-14-28(15-13-26)36-34(40)20-25-8-16-29(42-4)17-9-25/h5-19,21H,20H2,1-4H3,(H,36,40)(H,39,41)/b38-24-. The van der Waals surface area contributed by atoms with E-state index in [1.807, 2.05) is 118 Å². The first kappa shape index (κ1) is 28.2. The van der Waals surface area contributed by atoms with Gasteiger partial charge in [0.15, 0.2) is 0 Å². The van der Waals surface area contributed by atoms with E-state index in [0.717, 1.165) is 50.2 Å². The molecule has 0 saturated heterocycles. The van der Waals surface area contributed by atoms with E-state index < -0.39 is 0 Å². The van der Waals surface area contributed by atoms with Crippen molar-refractivity contribution in [3.8, 4) is 17.0 Å². The van der Waals surface area contributed by atoms with Gasteiger partial charge in [-0.05, 0) is 74.4 Å². The number of pyridine rings is 1. The average Bonchev–Trinajstić information content (AvgIpc) is 3.00. The molecule has 0 aliphatic carbocycles. The Morgan fingerprint density at radius 3 is 2.21 bits per heavy atom. The summed E-state index contributed by atoms with van der Waals surface area (Å²) >= 11 is 0. The molecule has 4 aromatic carbocycles. The molecule has 1 aromatic heterocycles. The number of hydrazone groups is 1. The van der Waals surface area contributed by atoms with Crippen LogP contribution in [0.3, 0.4) is 0 Å². The molecule has 0 unspecified atom stereocenters. The van der Waals surface area contributed by atoms with E-state index in [-0.39, 0.29) is 18.2 Å². The number of anilines is 1. The second kappa shape index (κ2) is 12.5. The van der Waals surface area contributed by atoms with Crippen LogP contribution < -0.4 is 15.5 Å². The summed E-state index contributed by atoms with van der Waals surface area (Å²) in [5.74, 6) is 0.317. The molecule has 2 N–H and O–H groups in total. The van der Waals surface area contributed by atoms with Gasteiger partial charge >= 0.3 is 0 Å². The Labute approximate surface area is 245 Å². The number of nitrogens with one attached hydrogen (secondary N) is 2. The Bertz CT molecular complexity index is 1780. The highest BCUT2D eigenvalue weighted by Crippen LogP contribution is 2.26. The molecule has 0 atom stereocenters. The zero-order chi connectivity index (χ0) is 29.6. The Balaban J connectivity index is 1.29. The van der Waals surface area contributed by atoms with Gasteiger partial charge in [-0.1, -0.05) is 65.7 Å². The van der Waals surface area contributed by atoms with Gasteiger partial charge in [-0.2, -0.15) is 5.10 Å². The largest absolute Gasteiger partial charge is 0.497 e.